The molecular formula is C13H23NO2. The molecule has 92 valence electrons. The Bertz CT molecular complexity index is 244. The fourth-order valence-corrected chi connectivity index (χ4v) is 3.18. The van der Waals surface area contributed by atoms with Crippen LogP contribution in [0.15, 0.2) is 12.7 Å². The third-order valence-corrected chi connectivity index (χ3v) is 4.07. The Morgan fingerprint density at radius 3 is 2.88 bits per heavy atom. The van der Waals surface area contributed by atoms with E-state index in [4.69, 9.17) is 0 Å². The van der Waals surface area contributed by atoms with Crippen LogP contribution in [-0.2, 0) is 0 Å². The highest BCUT2D eigenvalue weighted by molar-refractivity contribution is 4.94. The number of hydrogen-bond acceptors (Lipinski definition) is 3. The summed E-state index contributed by atoms with van der Waals surface area (Å²) in [4.78, 5) is 2.31. The van der Waals surface area contributed by atoms with Crippen molar-refractivity contribution in [3.63, 3.8) is 0 Å². The number of allylic oxidation sites excluding steroid dienone is 1. The second-order valence-corrected chi connectivity index (χ2v) is 5.31. The van der Waals surface area contributed by atoms with Gasteiger partial charge in [-0.05, 0) is 31.6 Å². The Morgan fingerprint density at radius 2 is 2.19 bits per heavy atom. The molecule has 1 saturated carbocycles. The summed E-state index contributed by atoms with van der Waals surface area (Å²) in [6, 6.07) is 0. The molecule has 2 fully saturated rings. The van der Waals surface area contributed by atoms with E-state index in [1.807, 2.05) is 6.08 Å². The van der Waals surface area contributed by atoms with Crippen molar-refractivity contribution < 1.29 is 10.2 Å². The van der Waals surface area contributed by atoms with Gasteiger partial charge in [0.05, 0.1) is 12.2 Å². The van der Waals surface area contributed by atoms with Gasteiger partial charge < -0.3 is 15.1 Å². The van der Waals surface area contributed by atoms with Crippen molar-refractivity contribution in [3.05, 3.63) is 12.7 Å². The first-order chi connectivity index (χ1) is 7.70. The van der Waals surface area contributed by atoms with Gasteiger partial charge in [-0.15, -0.1) is 6.58 Å². The lowest BCUT2D eigenvalue weighted by molar-refractivity contribution is 0.0971. The Morgan fingerprint density at radius 1 is 1.38 bits per heavy atom. The van der Waals surface area contributed by atoms with Gasteiger partial charge >= 0.3 is 0 Å². The number of aliphatic hydroxyl groups excluding tert-OH is 2. The highest BCUT2D eigenvalue weighted by Gasteiger charge is 2.41. The van der Waals surface area contributed by atoms with Gasteiger partial charge in [-0.3, -0.25) is 0 Å². The molecule has 0 radical (unpaired) electrons. The predicted molar refractivity (Wildman–Crippen MR) is 64.1 cm³/mol. The zero-order valence-corrected chi connectivity index (χ0v) is 9.89. The number of hydrogen-bond donors (Lipinski definition) is 2. The molecule has 0 amide bonds. The summed E-state index contributed by atoms with van der Waals surface area (Å²) in [6.45, 7) is 6.45. The van der Waals surface area contributed by atoms with Crippen molar-refractivity contribution >= 4 is 0 Å². The molecule has 0 aromatic heterocycles. The van der Waals surface area contributed by atoms with E-state index in [-0.39, 0.29) is 12.2 Å². The van der Waals surface area contributed by atoms with E-state index < -0.39 is 0 Å². The van der Waals surface area contributed by atoms with Crippen molar-refractivity contribution in [2.75, 3.05) is 19.6 Å². The van der Waals surface area contributed by atoms with Crippen LogP contribution < -0.4 is 0 Å². The summed E-state index contributed by atoms with van der Waals surface area (Å²) in [7, 11) is 0. The number of rotatable bonds is 5. The highest BCUT2D eigenvalue weighted by atomic mass is 16.3. The number of nitrogens with zero attached hydrogens (tertiary/aromatic N) is 1. The quantitative estimate of drug-likeness (QED) is 0.687. The van der Waals surface area contributed by atoms with Gasteiger partial charge in [0, 0.05) is 25.6 Å². The van der Waals surface area contributed by atoms with Crippen LogP contribution in [0.5, 0.6) is 0 Å². The van der Waals surface area contributed by atoms with Crippen molar-refractivity contribution in [1.82, 2.24) is 4.90 Å². The molecule has 0 aromatic rings. The molecule has 3 heteroatoms. The molecule has 1 saturated heterocycles. The van der Waals surface area contributed by atoms with Crippen LogP contribution in [0.2, 0.25) is 0 Å². The maximum absolute atomic E-state index is 9.82. The van der Waals surface area contributed by atoms with E-state index in [1.54, 1.807) is 0 Å². The Hall–Kier alpha value is -0.380. The molecule has 16 heavy (non-hydrogen) atoms. The summed E-state index contributed by atoms with van der Waals surface area (Å²) < 4.78 is 0. The standard InChI is InChI=1S/C13H23NO2/c1-2-3-4-11(15)8-14-7-10-5-6-13(16)12(10)9-14/h2,10-13,15-16H,1,3-9H2/t10-,11?,12+,13-/m0/s1. The van der Waals surface area contributed by atoms with Crippen molar-refractivity contribution in [3.8, 4) is 0 Å². The van der Waals surface area contributed by atoms with E-state index in [9.17, 15) is 10.2 Å². The Kier molecular flexibility index (Phi) is 4.00. The van der Waals surface area contributed by atoms with Crippen molar-refractivity contribution in [2.45, 2.75) is 37.9 Å². The third kappa shape index (κ3) is 2.65. The smallest absolute Gasteiger partial charge is 0.0670 e. The van der Waals surface area contributed by atoms with Gasteiger partial charge in [0.25, 0.3) is 0 Å². The van der Waals surface area contributed by atoms with Crippen LogP contribution in [0.25, 0.3) is 0 Å². The SMILES string of the molecule is C=CCCC(O)CN1C[C@@H]2CC[C@H](O)[C@@H]2C1. The van der Waals surface area contributed by atoms with E-state index in [0.29, 0.717) is 11.8 Å². The molecule has 1 unspecified atom stereocenters. The van der Waals surface area contributed by atoms with Gasteiger partial charge in [-0.25, -0.2) is 0 Å². The monoisotopic (exact) mass is 225 g/mol. The van der Waals surface area contributed by atoms with E-state index in [1.165, 1.54) is 0 Å². The topological polar surface area (TPSA) is 43.7 Å². The van der Waals surface area contributed by atoms with Gasteiger partial charge in [-0.2, -0.15) is 0 Å². The minimum absolute atomic E-state index is 0.0969. The molecule has 0 aromatic carbocycles. The summed E-state index contributed by atoms with van der Waals surface area (Å²) >= 11 is 0. The molecule has 1 heterocycles. The third-order valence-electron chi connectivity index (χ3n) is 4.07. The molecule has 2 rings (SSSR count). The minimum atomic E-state index is -0.242. The molecule has 3 nitrogen and oxygen atoms in total. The molecule has 0 spiro atoms. The Labute approximate surface area is 97.8 Å². The van der Waals surface area contributed by atoms with Gasteiger partial charge in [0.1, 0.15) is 0 Å². The van der Waals surface area contributed by atoms with Crippen LogP contribution >= 0.6 is 0 Å². The predicted octanol–water partition coefficient (Wildman–Crippen LogP) is 1.02. The summed E-state index contributed by atoms with van der Waals surface area (Å²) in [5.74, 6) is 1.13. The van der Waals surface area contributed by atoms with E-state index in [0.717, 1.165) is 45.3 Å². The average molecular weight is 225 g/mol. The summed E-state index contributed by atoms with van der Waals surface area (Å²) in [6.07, 6.45) is 5.33. The second kappa shape index (κ2) is 5.30. The molecule has 4 atom stereocenters. The molecular weight excluding hydrogens is 202 g/mol. The second-order valence-electron chi connectivity index (χ2n) is 5.31. The molecule has 2 N–H and O–H groups in total. The summed E-state index contributed by atoms with van der Waals surface area (Å²) in [5.41, 5.74) is 0. The largest absolute Gasteiger partial charge is 0.393 e. The fraction of sp³-hybridized carbons (Fsp3) is 0.846. The first-order valence-corrected chi connectivity index (χ1v) is 6.40. The van der Waals surface area contributed by atoms with Crippen LogP contribution in [-0.4, -0.2) is 47.0 Å². The van der Waals surface area contributed by atoms with Crippen LogP contribution in [0.4, 0.5) is 0 Å². The zero-order chi connectivity index (χ0) is 11.5. The van der Waals surface area contributed by atoms with Gasteiger partial charge in [0.15, 0.2) is 0 Å². The lowest BCUT2D eigenvalue weighted by atomic mass is 10.00. The Balaban J connectivity index is 1.74. The number of fused-ring (bicyclic) bond motifs is 1. The average Bonchev–Trinajstić information content (AvgIpc) is 2.78. The minimum Gasteiger partial charge on any atom is -0.393 e. The van der Waals surface area contributed by atoms with Gasteiger partial charge in [0.2, 0.25) is 0 Å². The van der Waals surface area contributed by atoms with Crippen molar-refractivity contribution in [1.29, 1.82) is 0 Å². The van der Waals surface area contributed by atoms with E-state index in [2.05, 4.69) is 11.5 Å². The van der Waals surface area contributed by atoms with Crippen LogP contribution in [0, 0.1) is 11.8 Å². The molecule has 1 aliphatic heterocycles. The zero-order valence-electron chi connectivity index (χ0n) is 9.89. The van der Waals surface area contributed by atoms with Gasteiger partial charge in [-0.1, -0.05) is 6.08 Å². The number of likely N-dealkylation sites (tertiary alicyclic amines) is 1. The fourth-order valence-electron chi connectivity index (χ4n) is 3.18. The first-order valence-electron chi connectivity index (χ1n) is 6.40. The summed E-state index contributed by atoms with van der Waals surface area (Å²) in [5, 5.41) is 19.6. The number of aliphatic hydroxyl groups is 2. The first kappa shape index (κ1) is 12.1. The molecule has 1 aliphatic carbocycles. The number of β-amino-alcohol motifs (C(OH)–C–C–N with tert-alkyl or cyclic N) is 1. The molecule has 0 bridgehead atoms. The maximum atomic E-state index is 9.82. The normalized spacial score (nSPS) is 36.2. The van der Waals surface area contributed by atoms with E-state index >= 15 is 0 Å². The van der Waals surface area contributed by atoms with Crippen LogP contribution in [0.3, 0.4) is 0 Å². The molecule has 2 aliphatic rings. The lowest BCUT2D eigenvalue weighted by Gasteiger charge is -2.21. The maximum Gasteiger partial charge on any atom is 0.0670 e. The van der Waals surface area contributed by atoms with Crippen LogP contribution in [0.1, 0.15) is 25.7 Å². The lowest BCUT2D eigenvalue weighted by Crippen LogP contribution is -2.32. The van der Waals surface area contributed by atoms with Crippen molar-refractivity contribution in [2.24, 2.45) is 11.8 Å². The highest BCUT2D eigenvalue weighted by Crippen LogP contribution is 2.38.